The third-order valence-corrected chi connectivity index (χ3v) is 5.26. The molecule has 0 atom stereocenters. The molecule has 1 aromatic carbocycles. The van der Waals surface area contributed by atoms with Crippen LogP contribution >= 0.6 is 11.6 Å². The van der Waals surface area contributed by atoms with Gasteiger partial charge in [-0.2, -0.15) is 9.61 Å². The van der Waals surface area contributed by atoms with Crippen molar-refractivity contribution in [3.63, 3.8) is 0 Å². The van der Waals surface area contributed by atoms with Crippen LogP contribution < -0.4 is 21.7 Å². The van der Waals surface area contributed by atoms with Gasteiger partial charge in [-0.1, -0.05) is 31.5 Å². The summed E-state index contributed by atoms with van der Waals surface area (Å²) in [7, 11) is 4.07. The second-order valence-corrected chi connectivity index (χ2v) is 9.61. The van der Waals surface area contributed by atoms with E-state index >= 15 is 0 Å². The molecule has 0 unspecified atom stereocenters. The van der Waals surface area contributed by atoms with Crippen LogP contribution in [0.15, 0.2) is 46.3 Å². The first kappa shape index (κ1) is 23.5. The van der Waals surface area contributed by atoms with E-state index in [1.54, 1.807) is 28.9 Å². The highest BCUT2D eigenvalue weighted by Gasteiger charge is 2.18. The standard InChI is InChI=1S/C23H27ClN8O2/c1-23(2,13-31(3)4)12-25-19-10-18(27-16-7-5-6-15(24)9-16)29-20-14(11-26-32(19)20)8-17-21(33)30-22(34)28-17/h5-11,27,33H,12-13H2,1-4H3,(H2,28,30,34)/b14-8-,25-19?. The zero-order chi connectivity index (χ0) is 24.5. The van der Waals surface area contributed by atoms with E-state index in [-0.39, 0.29) is 17.0 Å². The van der Waals surface area contributed by atoms with Crippen molar-refractivity contribution in [2.75, 3.05) is 32.5 Å². The molecule has 34 heavy (non-hydrogen) atoms. The molecule has 0 bridgehead atoms. The van der Waals surface area contributed by atoms with Crippen molar-refractivity contribution in [2.45, 2.75) is 13.8 Å². The smallest absolute Gasteiger partial charge is 0.326 e. The Morgan fingerprint density at radius 2 is 2.09 bits per heavy atom. The normalized spacial score (nSPS) is 13.4. The second kappa shape index (κ2) is 9.32. The highest BCUT2D eigenvalue weighted by atomic mass is 35.5. The average Bonchev–Trinajstić information content (AvgIpc) is 3.28. The lowest BCUT2D eigenvalue weighted by Gasteiger charge is -2.26. The van der Waals surface area contributed by atoms with E-state index in [9.17, 15) is 9.90 Å². The van der Waals surface area contributed by atoms with Gasteiger partial charge in [0.1, 0.15) is 11.5 Å². The first-order chi connectivity index (χ1) is 16.1. The fourth-order valence-corrected chi connectivity index (χ4v) is 4.00. The van der Waals surface area contributed by atoms with Crippen LogP contribution in [-0.4, -0.2) is 61.8 Å². The molecule has 0 aliphatic rings. The number of halogens is 1. The SMILES string of the molecule is CN(C)CC(C)(C)CN=c1cc(Nc2cccc(Cl)c2)nc2/c(=C\c3[nH]c(=O)[nH]c3O)cnn12. The minimum absolute atomic E-state index is 0.0574. The first-order valence-electron chi connectivity index (χ1n) is 10.7. The molecule has 0 spiro atoms. The Morgan fingerprint density at radius 1 is 1.29 bits per heavy atom. The molecule has 0 saturated carbocycles. The lowest BCUT2D eigenvalue weighted by Crippen LogP contribution is -2.32. The maximum atomic E-state index is 11.5. The number of hydrogen-bond acceptors (Lipinski definition) is 7. The van der Waals surface area contributed by atoms with Gasteiger partial charge in [0, 0.05) is 35.1 Å². The number of benzene rings is 1. The molecule has 0 aliphatic heterocycles. The molecule has 11 heteroatoms. The lowest BCUT2D eigenvalue weighted by atomic mass is 9.93. The van der Waals surface area contributed by atoms with Crippen molar-refractivity contribution in [1.82, 2.24) is 29.5 Å². The Kier molecular flexibility index (Phi) is 6.45. The first-order valence-corrected chi connectivity index (χ1v) is 11.1. The molecule has 3 aromatic heterocycles. The number of H-pyrrole nitrogens is 2. The number of rotatable bonds is 7. The predicted molar refractivity (Wildman–Crippen MR) is 132 cm³/mol. The van der Waals surface area contributed by atoms with Crippen LogP contribution in [0.1, 0.15) is 19.5 Å². The summed E-state index contributed by atoms with van der Waals surface area (Å²) in [4.78, 5) is 28.1. The maximum Gasteiger partial charge on any atom is 0.326 e. The van der Waals surface area contributed by atoms with E-state index in [0.29, 0.717) is 33.7 Å². The molecule has 4 N–H and O–H groups in total. The number of imidazole rings is 1. The zero-order valence-electron chi connectivity index (χ0n) is 19.4. The van der Waals surface area contributed by atoms with Crippen LogP contribution in [0.4, 0.5) is 11.5 Å². The summed E-state index contributed by atoms with van der Waals surface area (Å²) in [6, 6.07) is 9.16. The molecule has 4 aromatic rings. The van der Waals surface area contributed by atoms with Gasteiger partial charge in [-0.25, -0.2) is 9.78 Å². The van der Waals surface area contributed by atoms with Gasteiger partial charge in [0.25, 0.3) is 0 Å². The topological polar surface area (TPSA) is 127 Å². The number of nitrogens with zero attached hydrogens (tertiary/aromatic N) is 5. The summed E-state index contributed by atoms with van der Waals surface area (Å²) in [6.07, 6.45) is 3.21. The maximum absolute atomic E-state index is 11.5. The van der Waals surface area contributed by atoms with Crippen molar-refractivity contribution >= 4 is 34.8 Å². The third-order valence-electron chi connectivity index (χ3n) is 5.03. The molecule has 0 fully saturated rings. The highest BCUT2D eigenvalue weighted by Crippen LogP contribution is 2.19. The van der Waals surface area contributed by atoms with E-state index in [4.69, 9.17) is 21.6 Å². The van der Waals surface area contributed by atoms with Crippen molar-refractivity contribution in [2.24, 2.45) is 10.4 Å². The van der Waals surface area contributed by atoms with E-state index < -0.39 is 5.69 Å². The van der Waals surface area contributed by atoms with Crippen molar-refractivity contribution < 1.29 is 5.11 Å². The van der Waals surface area contributed by atoms with Crippen molar-refractivity contribution in [3.05, 3.63) is 68.4 Å². The zero-order valence-corrected chi connectivity index (χ0v) is 20.2. The van der Waals surface area contributed by atoms with E-state index in [2.05, 4.69) is 39.1 Å². The fraction of sp³-hybridized carbons (Fsp3) is 0.304. The van der Waals surface area contributed by atoms with Gasteiger partial charge in [-0.05, 0) is 43.8 Å². The number of aromatic nitrogens is 5. The Labute approximate surface area is 200 Å². The van der Waals surface area contributed by atoms with Crippen LogP contribution in [0.2, 0.25) is 5.02 Å². The van der Waals surface area contributed by atoms with E-state index in [0.717, 1.165) is 12.2 Å². The second-order valence-electron chi connectivity index (χ2n) is 9.17. The molecule has 3 heterocycles. The monoisotopic (exact) mass is 482 g/mol. The Balaban J connectivity index is 1.86. The molecular weight excluding hydrogens is 456 g/mol. The Morgan fingerprint density at radius 3 is 2.76 bits per heavy atom. The average molecular weight is 483 g/mol. The summed E-state index contributed by atoms with van der Waals surface area (Å²) in [6.45, 7) is 5.77. The molecule has 0 aliphatic carbocycles. The third kappa shape index (κ3) is 5.46. The van der Waals surface area contributed by atoms with Crippen molar-refractivity contribution in [1.29, 1.82) is 0 Å². The van der Waals surface area contributed by atoms with Gasteiger partial charge < -0.3 is 20.3 Å². The summed E-state index contributed by atoms with van der Waals surface area (Å²) in [5.74, 6) is 0.300. The Bertz CT molecular complexity index is 1500. The van der Waals surface area contributed by atoms with Gasteiger partial charge >= 0.3 is 5.69 Å². The van der Waals surface area contributed by atoms with Gasteiger partial charge in [0.2, 0.25) is 5.88 Å². The molecular formula is C23H27ClN8O2. The van der Waals surface area contributed by atoms with E-state index in [1.165, 1.54) is 0 Å². The number of nitrogens with one attached hydrogen (secondary N) is 3. The molecule has 10 nitrogen and oxygen atoms in total. The van der Waals surface area contributed by atoms with Crippen LogP contribution in [0, 0.1) is 5.41 Å². The largest absolute Gasteiger partial charge is 0.493 e. The van der Waals surface area contributed by atoms with Crippen LogP contribution in [0.5, 0.6) is 5.88 Å². The van der Waals surface area contributed by atoms with E-state index in [1.807, 2.05) is 32.3 Å². The predicted octanol–water partition coefficient (Wildman–Crippen LogP) is 1.88. The van der Waals surface area contributed by atoms with Crippen LogP contribution in [0.3, 0.4) is 0 Å². The van der Waals surface area contributed by atoms with Gasteiger partial charge in [0.15, 0.2) is 11.1 Å². The summed E-state index contributed by atoms with van der Waals surface area (Å²) in [5.41, 5.74) is 1.58. The minimum Gasteiger partial charge on any atom is -0.493 e. The summed E-state index contributed by atoms with van der Waals surface area (Å²) < 4.78 is 1.64. The number of fused-ring (bicyclic) bond motifs is 1. The summed E-state index contributed by atoms with van der Waals surface area (Å²) in [5, 5.41) is 18.9. The minimum atomic E-state index is -0.504. The van der Waals surface area contributed by atoms with Gasteiger partial charge in [-0.15, -0.1) is 0 Å². The summed E-state index contributed by atoms with van der Waals surface area (Å²) >= 11 is 6.14. The quantitative estimate of drug-likeness (QED) is 0.318. The number of aromatic hydroxyl groups is 1. The number of hydrogen-bond donors (Lipinski definition) is 4. The Hall–Kier alpha value is -3.63. The van der Waals surface area contributed by atoms with Crippen molar-refractivity contribution in [3.8, 4) is 5.88 Å². The van der Waals surface area contributed by atoms with Gasteiger partial charge in [-0.3, -0.25) is 9.98 Å². The molecule has 0 radical (unpaired) electrons. The molecule has 178 valence electrons. The molecule has 4 rings (SSSR count). The number of aromatic amines is 2. The highest BCUT2D eigenvalue weighted by molar-refractivity contribution is 6.30. The molecule has 0 saturated heterocycles. The fourth-order valence-electron chi connectivity index (χ4n) is 3.81. The lowest BCUT2D eigenvalue weighted by molar-refractivity contribution is 0.247. The van der Waals surface area contributed by atoms with Crippen LogP contribution in [-0.2, 0) is 0 Å². The van der Waals surface area contributed by atoms with Gasteiger partial charge in [0.05, 0.1) is 6.20 Å². The number of anilines is 2. The molecule has 0 amide bonds. The van der Waals surface area contributed by atoms with Crippen LogP contribution in [0.25, 0.3) is 11.7 Å².